The van der Waals surface area contributed by atoms with E-state index in [1.165, 1.54) is 10.7 Å². The van der Waals surface area contributed by atoms with Gasteiger partial charge in [-0.2, -0.15) is 13.2 Å². The smallest absolute Gasteiger partial charge is 0.384 e. The SMILES string of the molecule is CCN(CC)C(=O)c1cc2c(N3CCOCC3)nc(-c3cnc(N)cc3C(F)(F)F)nn2c1. The second-order valence-corrected chi connectivity index (χ2v) is 7.55. The number of fused-ring (bicyclic) bond motifs is 1. The van der Waals surface area contributed by atoms with Crippen LogP contribution in [0.25, 0.3) is 16.9 Å². The highest BCUT2D eigenvalue weighted by Gasteiger charge is 2.35. The van der Waals surface area contributed by atoms with Gasteiger partial charge in [-0.25, -0.2) is 14.5 Å². The predicted molar refractivity (Wildman–Crippen MR) is 116 cm³/mol. The van der Waals surface area contributed by atoms with Gasteiger partial charge in [0.2, 0.25) is 0 Å². The van der Waals surface area contributed by atoms with Crippen LogP contribution in [0.2, 0.25) is 0 Å². The number of aromatic nitrogens is 4. The normalized spacial score (nSPS) is 14.6. The molecule has 1 aliphatic rings. The molecule has 0 bridgehead atoms. The lowest BCUT2D eigenvalue weighted by molar-refractivity contribution is -0.137. The van der Waals surface area contributed by atoms with Gasteiger partial charge in [-0.15, -0.1) is 5.10 Å². The van der Waals surface area contributed by atoms with E-state index in [0.29, 0.717) is 56.3 Å². The van der Waals surface area contributed by atoms with Gasteiger partial charge in [0.25, 0.3) is 5.91 Å². The zero-order chi connectivity index (χ0) is 23.8. The number of pyridine rings is 1. The third-order valence-corrected chi connectivity index (χ3v) is 5.52. The zero-order valence-corrected chi connectivity index (χ0v) is 18.3. The molecule has 1 aliphatic heterocycles. The molecule has 0 aromatic carbocycles. The molecule has 1 amide bonds. The molecule has 4 rings (SSSR count). The molecule has 9 nitrogen and oxygen atoms in total. The number of nitrogen functional groups attached to an aromatic ring is 1. The van der Waals surface area contributed by atoms with Crippen LogP contribution in [0.15, 0.2) is 24.5 Å². The number of nitrogens with zero attached hydrogens (tertiary/aromatic N) is 6. The number of carbonyl (C=O) groups excluding carboxylic acids is 1. The van der Waals surface area contributed by atoms with Crippen molar-refractivity contribution in [3.63, 3.8) is 0 Å². The van der Waals surface area contributed by atoms with Crippen LogP contribution in [0, 0.1) is 0 Å². The molecule has 3 aromatic heterocycles. The van der Waals surface area contributed by atoms with Gasteiger partial charge in [-0.3, -0.25) is 4.79 Å². The predicted octanol–water partition coefficient (Wildman–Crippen LogP) is 2.71. The van der Waals surface area contributed by atoms with Gasteiger partial charge in [0.1, 0.15) is 11.3 Å². The fourth-order valence-electron chi connectivity index (χ4n) is 3.80. The molecule has 0 saturated carbocycles. The summed E-state index contributed by atoms with van der Waals surface area (Å²) in [7, 11) is 0. The highest BCUT2D eigenvalue weighted by atomic mass is 19.4. The van der Waals surface area contributed by atoms with Gasteiger partial charge in [0, 0.05) is 38.6 Å². The van der Waals surface area contributed by atoms with Gasteiger partial charge in [0.15, 0.2) is 11.6 Å². The molecule has 1 saturated heterocycles. The molecule has 0 spiro atoms. The van der Waals surface area contributed by atoms with Gasteiger partial charge in [0.05, 0.1) is 29.9 Å². The Morgan fingerprint density at radius 1 is 1.21 bits per heavy atom. The van der Waals surface area contributed by atoms with Crippen LogP contribution in [0.3, 0.4) is 0 Å². The standard InChI is InChI=1S/C21H24F3N7O2/c1-3-29(4-2)20(32)13-9-16-19(30-5-7-33-8-6-30)27-18(28-31(16)12-13)14-11-26-17(25)10-15(14)21(22,23)24/h9-12H,3-8H2,1-2H3,(H2,25,26). The summed E-state index contributed by atoms with van der Waals surface area (Å²) in [5.41, 5.74) is 5.14. The molecular formula is C21H24F3N7O2. The van der Waals surface area contributed by atoms with E-state index in [2.05, 4.69) is 15.1 Å². The van der Waals surface area contributed by atoms with Crippen molar-refractivity contribution in [3.05, 3.63) is 35.7 Å². The Kier molecular flexibility index (Phi) is 6.11. The third-order valence-electron chi connectivity index (χ3n) is 5.52. The number of nitrogens with two attached hydrogens (primary N) is 1. The molecule has 12 heteroatoms. The number of ether oxygens (including phenoxy) is 1. The molecular weight excluding hydrogens is 439 g/mol. The Labute approximate surface area is 188 Å². The maximum absolute atomic E-state index is 13.7. The van der Waals surface area contributed by atoms with Crippen molar-refractivity contribution in [1.29, 1.82) is 0 Å². The minimum Gasteiger partial charge on any atom is -0.384 e. The maximum atomic E-state index is 13.7. The van der Waals surface area contributed by atoms with Crippen LogP contribution in [0.4, 0.5) is 24.8 Å². The molecule has 2 N–H and O–H groups in total. The van der Waals surface area contributed by atoms with Gasteiger partial charge in [-0.05, 0) is 26.0 Å². The lowest BCUT2D eigenvalue weighted by atomic mass is 10.1. The summed E-state index contributed by atoms with van der Waals surface area (Å²) in [4.78, 5) is 24.8. The summed E-state index contributed by atoms with van der Waals surface area (Å²) in [6.07, 6.45) is -2.14. The molecule has 33 heavy (non-hydrogen) atoms. The third kappa shape index (κ3) is 4.42. The topological polar surface area (TPSA) is 102 Å². The summed E-state index contributed by atoms with van der Waals surface area (Å²) in [5.74, 6) is -0.188. The minimum absolute atomic E-state index is 0.166. The van der Waals surface area contributed by atoms with Crippen LogP contribution >= 0.6 is 0 Å². The number of carbonyl (C=O) groups is 1. The van der Waals surface area contributed by atoms with Crippen molar-refractivity contribution in [1.82, 2.24) is 24.5 Å². The molecule has 4 heterocycles. The number of halogens is 3. The van der Waals surface area contributed by atoms with Crippen LogP contribution in [0.1, 0.15) is 29.8 Å². The Morgan fingerprint density at radius 2 is 1.91 bits per heavy atom. The lowest BCUT2D eigenvalue weighted by Gasteiger charge is -2.28. The summed E-state index contributed by atoms with van der Waals surface area (Å²) >= 11 is 0. The monoisotopic (exact) mass is 463 g/mol. The number of alkyl halides is 3. The summed E-state index contributed by atoms with van der Waals surface area (Å²) in [5, 5.41) is 4.31. The fraction of sp³-hybridized carbons (Fsp3) is 0.429. The first-order chi connectivity index (χ1) is 15.7. The largest absolute Gasteiger partial charge is 0.417 e. The van der Waals surface area contributed by atoms with Crippen molar-refractivity contribution in [2.24, 2.45) is 0 Å². The highest BCUT2D eigenvalue weighted by molar-refractivity contribution is 5.96. The molecule has 0 aliphatic carbocycles. The number of hydrogen-bond donors (Lipinski definition) is 1. The van der Waals surface area contributed by atoms with Crippen LogP contribution < -0.4 is 10.6 Å². The number of amides is 1. The number of morpholine rings is 1. The maximum Gasteiger partial charge on any atom is 0.417 e. The van der Waals surface area contributed by atoms with Gasteiger partial charge in [-0.1, -0.05) is 0 Å². The molecule has 3 aromatic rings. The zero-order valence-electron chi connectivity index (χ0n) is 18.3. The molecule has 0 atom stereocenters. The van der Waals surface area contributed by atoms with Crippen molar-refractivity contribution < 1.29 is 22.7 Å². The Hall–Kier alpha value is -3.41. The Balaban J connectivity index is 1.91. The van der Waals surface area contributed by atoms with Gasteiger partial charge >= 0.3 is 6.18 Å². The van der Waals surface area contributed by atoms with E-state index in [1.807, 2.05) is 18.7 Å². The average Bonchev–Trinajstić information content (AvgIpc) is 3.23. The number of rotatable bonds is 5. The van der Waals surface area contributed by atoms with Crippen LogP contribution in [0.5, 0.6) is 0 Å². The van der Waals surface area contributed by atoms with E-state index in [9.17, 15) is 18.0 Å². The Morgan fingerprint density at radius 3 is 2.55 bits per heavy atom. The number of hydrogen-bond acceptors (Lipinski definition) is 7. The highest BCUT2D eigenvalue weighted by Crippen LogP contribution is 2.37. The molecule has 0 radical (unpaired) electrons. The van der Waals surface area contributed by atoms with E-state index in [1.54, 1.807) is 11.0 Å². The molecule has 0 unspecified atom stereocenters. The van der Waals surface area contributed by atoms with E-state index in [4.69, 9.17) is 10.5 Å². The van der Waals surface area contributed by atoms with Crippen molar-refractivity contribution in [2.45, 2.75) is 20.0 Å². The van der Waals surface area contributed by atoms with Crippen molar-refractivity contribution in [3.8, 4) is 11.4 Å². The van der Waals surface area contributed by atoms with E-state index in [0.717, 1.165) is 12.3 Å². The Bertz CT molecular complexity index is 1170. The molecule has 1 fully saturated rings. The van der Waals surface area contributed by atoms with E-state index in [-0.39, 0.29) is 23.1 Å². The quantitative estimate of drug-likeness (QED) is 0.621. The summed E-state index contributed by atoms with van der Waals surface area (Å²) < 4.78 is 48.0. The minimum atomic E-state index is -4.68. The molecule has 176 valence electrons. The second kappa shape index (κ2) is 8.85. The summed E-state index contributed by atoms with van der Waals surface area (Å²) in [6.45, 7) is 6.72. The number of anilines is 2. The average molecular weight is 463 g/mol. The lowest BCUT2D eigenvalue weighted by Crippen LogP contribution is -2.37. The summed E-state index contributed by atoms with van der Waals surface area (Å²) in [6, 6.07) is 2.43. The van der Waals surface area contributed by atoms with Crippen LogP contribution in [-0.2, 0) is 10.9 Å². The van der Waals surface area contributed by atoms with E-state index < -0.39 is 11.7 Å². The van der Waals surface area contributed by atoms with E-state index >= 15 is 0 Å². The van der Waals surface area contributed by atoms with Crippen LogP contribution in [-0.4, -0.2) is 69.8 Å². The second-order valence-electron chi connectivity index (χ2n) is 7.55. The fourth-order valence-corrected chi connectivity index (χ4v) is 3.80. The van der Waals surface area contributed by atoms with Gasteiger partial charge < -0.3 is 20.3 Å². The van der Waals surface area contributed by atoms with Crippen molar-refractivity contribution >= 4 is 23.1 Å². The first-order valence-electron chi connectivity index (χ1n) is 10.6. The first-order valence-corrected chi connectivity index (χ1v) is 10.6. The van der Waals surface area contributed by atoms with Crippen molar-refractivity contribution in [2.75, 3.05) is 50.0 Å². The first kappa shape index (κ1) is 22.8.